The van der Waals surface area contributed by atoms with Crippen LogP contribution in [0.1, 0.15) is 20.8 Å². The molecule has 0 saturated carbocycles. The fourth-order valence-electron chi connectivity index (χ4n) is 2.15. The first kappa shape index (κ1) is 16.0. The molecule has 3 aromatic rings. The number of benzene rings is 1. The normalized spacial score (nSPS) is 11.1. The standard InChI is InChI=1S/C16H12F2N2OS2/c1-8-9(2)23-16-14(8)15(19-7-20-16)22-6-13(21)10-3-4-11(17)12(18)5-10/h3-5,7H,6H2,1-2H3. The Morgan fingerprint density at radius 2 is 2.00 bits per heavy atom. The van der Waals surface area contributed by atoms with E-state index in [-0.39, 0.29) is 17.1 Å². The number of rotatable bonds is 4. The van der Waals surface area contributed by atoms with E-state index in [0.29, 0.717) is 0 Å². The molecule has 2 heterocycles. The molecule has 0 atom stereocenters. The molecule has 0 aliphatic rings. The van der Waals surface area contributed by atoms with Gasteiger partial charge in [0.15, 0.2) is 17.4 Å². The third kappa shape index (κ3) is 3.11. The van der Waals surface area contributed by atoms with E-state index in [2.05, 4.69) is 9.97 Å². The number of halogens is 2. The van der Waals surface area contributed by atoms with Gasteiger partial charge in [-0.1, -0.05) is 11.8 Å². The lowest BCUT2D eigenvalue weighted by molar-refractivity contribution is 0.102. The second-order valence-electron chi connectivity index (χ2n) is 4.98. The molecule has 3 nitrogen and oxygen atoms in total. The Hall–Kier alpha value is -1.86. The van der Waals surface area contributed by atoms with Crippen molar-refractivity contribution in [2.75, 3.05) is 5.75 Å². The second kappa shape index (κ2) is 6.33. The van der Waals surface area contributed by atoms with Crippen LogP contribution in [0.4, 0.5) is 8.78 Å². The van der Waals surface area contributed by atoms with E-state index < -0.39 is 11.6 Å². The van der Waals surface area contributed by atoms with Crippen molar-refractivity contribution in [1.29, 1.82) is 0 Å². The van der Waals surface area contributed by atoms with Crippen molar-refractivity contribution in [3.8, 4) is 0 Å². The number of aryl methyl sites for hydroxylation is 2. The largest absolute Gasteiger partial charge is 0.293 e. The number of hydrogen-bond acceptors (Lipinski definition) is 5. The molecule has 0 unspecified atom stereocenters. The van der Waals surface area contributed by atoms with Crippen molar-refractivity contribution in [2.45, 2.75) is 18.9 Å². The van der Waals surface area contributed by atoms with Gasteiger partial charge in [0.2, 0.25) is 0 Å². The van der Waals surface area contributed by atoms with Crippen LogP contribution in [0.25, 0.3) is 10.2 Å². The van der Waals surface area contributed by atoms with E-state index in [0.717, 1.165) is 37.8 Å². The predicted octanol–water partition coefficient (Wildman–Crippen LogP) is 4.56. The summed E-state index contributed by atoms with van der Waals surface area (Å²) in [4.78, 5) is 22.7. The summed E-state index contributed by atoms with van der Waals surface area (Å²) in [6.07, 6.45) is 1.47. The Bertz CT molecular complexity index is 908. The Morgan fingerprint density at radius 1 is 1.22 bits per heavy atom. The Morgan fingerprint density at radius 3 is 2.74 bits per heavy atom. The highest BCUT2D eigenvalue weighted by Gasteiger charge is 2.15. The van der Waals surface area contributed by atoms with E-state index in [1.54, 1.807) is 11.3 Å². The number of nitrogens with zero attached hydrogens (tertiary/aromatic N) is 2. The number of thioether (sulfide) groups is 1. The average Bonchev–Trinajstić information content (AvgIpc) is 2.83. The van der Waals surface area contributed by atoms with Gasteiger partial charge < -0.3 is 0 Å². The zero-order valence-electron chi connectivity index (χ0n) is 12.4. The van der Waals surface area contributed by atoms with Crippen molar-refractivity contribution in [1.82, 2.24) is 9.97 Å². The number of Topliss-reactive ketones (excluding diaryl/α,β-unsaturated/α-hetero) is 1. The van der Waals surface area contributed by atoms with Gasteiger partial charge in [-0.05, 0) is 37.6 Å². The van der Waals surface area contributed by atoms with E-state index in [9.17, 15) is 13.6 Å². The molecule has 0 spiro atoms. The van der Waals surface area contributed by atoms with Crippen molar-refractivity contribution in [3.63, 3.8) is 0 Å². The minimum absolute atomic E-state index is 0.103. The number of carbonyl (C=O) groups excluding carboxylic acids is 1. The van der Waals surface area contributed by atoms with E-state index >= 15 is 0 Å². The van der Waals surface area contributed by atoms with E-state index in [1.165, 1.54) is 24.2 Å². The SMILES string of the molecule is Cc1sc2ncnc(SCC(=O)c3ccc(F)c(F)c3)c2c1C. The first-order chi connectivity index (χ1) is 11.0. The Kier molecular flexibility index (Phi) is 4.41. The first-order valence-corrected chi connectivity index (χ1v) is 8.59. The quantitative estimate of drug-likeness (QED) is 0.393. The van der Waals surface area contributed by atoms with Gasteiger partial charge in [0, 0.05) is 15.8 Å². The summed E-state index contributed by atoms with van der Waals surface area (Å²) < 4.78 is 26.1. The summed E-state index contributed by atoms with van der Waals surface area (Å²) in [5.41, 5.74) is 1.26. The molecule has 0 N–H and O–H groups in total. The third-order valence-corrected chi connectivity index (χ3v) is 5.62. The van der Waals surface area contributed by atoms with Crippen molar-refractivity contribution in [3.05, 3.63) is 52.2 Å². The van der Waals surface area contributed by atoms with Crippen LogP contribution in [-0.4, -0.2) is 21.5 Å². The smallest absolute Gasteiger partial charge is 0.173 e. The number of fused-ring (bicyclic) bond motifs is 1. The Labute approximate surface area is 139 Å². The molecule has 118 valence electrons. The fraction of sp³-hybridized carbons (Fsp3) is 0.188. The van der Waals surface area contributed by atoms with Gasteiger partial charge in [0.25, 0.3) is 0 Å². The van der Waals surface area contributed by atoms with Crippen molar-refractivity contribution in [2.24, 2.45) is 0 Å². The molecular weight excluding hydrogens is 338 g/mol. The second-order valence-corrected chi connectivity index (χ2v) is 7.15. The lowest BCUT2D eigenvalue weighted by Crippen LogP contribution is -2.04. The van der Waals surface area contributed by atoms with Crippen LogP contribution in [0.15, 0.2) is 29.6 Å². The van der Waals surface area contributed by atoms with Crippen molar-refractivity contribution >= 4 is 39.1 Å². The van der Waals surface area contributed by atoms with Gasteiger partial charge in [-0.2, -0.15) is 0 Å². The maximum Gasteiger partial charge on any atom is 0.173 e. The summed E-state index contributed by atoms with van der Waals surface area (Å²) in [5, 5.41) is 1.69. The van der Waals surface area contributed by atoms with Crippen LogP contribution in [-0.2, 0) is 0 Å². The molecule has 23 heavy (non-hydrogen) atoms. The highest BCUT2D eigenvalue weighted by atomic mass is 32.2. The van der Waals surface area contributed by atoms with Crippen molar-refractivity contribution < 1.29 is 13.6 Å². The van der Waals surface area contributed by atoms with Gasteiger partial charge in [0.05, 0.1) is 5.75 Å². The topological polar surface area (TPSA) is 42.9 Å². The highest BCUT2D eigenvalue weighted by Crippen LogP contribution is 2.34. The minimum Gasteiger partial charge on any atom is -0.293 e. The van der Waals surface area contributed by atoms with Crippen LogP contribution in [0.2, 0.25) is 0 Å². The van der Waals surface area contributed by atoms with E-state index in [4.69, 9.17) is 0 Å². The zero-order chi connectivity index (χ0) is 16.6. The molecule has 3 rings (SSSR count). The van der Waals surface area contributed by atoms with Gasteiger partial charge in [-0.3, -0.25) is 4.79 Å². The molecule has 0 fully saturated rings. The minimum atomic E-state index is -1.02. The molecule has 1 aromatic carbocycles. The van der Waals surface area contributed by atoms with Gasteiger partial charge in [-0.25, -0.2) is 18.7 Å². The van der Waals surface area contributed by atoms with Crippen LogP contribution in [0, 0.1) is 25.5 Å². The van der Waals surface area contributed by atoms with E-state index in [1.807, 2.05) is 13.8 Å². The number of aromatic nitrogens is 2. The fourth-order valence-corrected chi connectivity index (χ4v) is 4.16. The molecule has 0 aliphatic carbocycles. The molecule has 0 aliphatic heterocycles. The molecule has 0 radical (unpaired) electrons. The monoisotopic (exact) mass is 350 g/mol. The van der Waals surface area contributed by atoms with Crippen LogP contribution < -0.4 is 0 Å². The average molecular weight is 350 g/mol. The zero-order valence-corrected chi connectivity index (χ0v) is 14.0. The summed E-state index contributed by atoms with van der Waals surface area (Å²) in [6, 6.07) is 3.17. The molecular formula is C16H12F2N2OS2. The third-order valence-electron chi connectivity index (χ3n) is 3.51. The number of carbonyl (C=O) groups is 1. The molecule has 0 saturated heterocycles. The number of hydrogen-bond donors (Lipinski definition) is 0. The lowest BCUT2D eigenvalue weighted by atomic mass is 10.1. The predicted molar refractivity (Wildman–Crippen MR) is 88.3 cm³/mol. The number of ketones is 1. The van der Waals surface area contributed by atoms with Gasteiger partial charge >= 0.3 is 0 Å². The Balaban J connectivity index is 1.83. The maximum absolute atomic E-state index is 13.2. The summed E-state index contributed by atoms with van der Waals surface area (Å²) in [7, 11) is 0. The molecule has 2 aromatic heterocycles. The summed E-state index contributed by atoms with van der Waals surface area (Å²) >= 11 is 2.87. The van der Waals surface area contributed by atoms with Crippen LogP contribution in [0.5, 0.6) is 0 Å². The molecule has 7 heteroatoms. The van der Waals surface area contributed by atoms with Crippen LogP contribution in [0.3, 0.4) is 0 Å². The lowest BCUT2D eigenvalue weighted by Gasteiger charge is -2.04. The summed E-state index contributed by atoms with van der Waals surface area (Å²) in [5.74, 6) is -2.15. The number of thiophene rings is 1. The van der Waals surface area contributed by atoms with Gasteiger partial charge in [-0.15, -0.1) is 11.3 Å². The highest BCUT2D eigenvalue weighted by molar-refractivity contribution is 8.00. The maximum atomic E-state index is 13.2. The van der Waals surface area contributed by atoms with Crippen LogP contribution >= 0.6 is 23.1 Å². The van der Waals surface area contributed by atoms with Gasteiger partial charge in [0.1, 0.15) is 16.2 Å². The molecule has 0 amide bonds. The molecule has 0 bridgehead atoms. The first-order valence-electron chi connectivity index (χ1n) is 6.79. The summed E-state index contributed by atoms with van der Waals surface area (Å²) in [6.45, 7) is 4.02.